The minimum atomic E-state index is -1.37. The Bertz CT molecular complexity index is 1760. The Morgan fingerprint density at radius 2 is 1.55 bits per heavy atom. The Morgan fingerprint density at radius 3 is 2.04 bits per heavy atom. The maximum absolute atomic E-state index is 13.9. The summed E-state index contributed by atoms with van der Waals surface area (Å²) in [4.78, 5) is 62.3. The van der Waals surface area contributed by atoms with Crippen LogP contribution in [0.2, 0.25) is 0 Å². The molecule has 4 N–H and O–H groups in total. The quantitative estimate of drug-likeness (QED) is 0.0932. The molecule has 2 aliphatic rings. The molecule has 1 fully saturated rings. The second kappa shape index (κ2) is 13.5. The predicted molar refractivity (Wildman–Crippen MR) is 174 cm³/mol. The van der Waals surface area contributed by atoms with Gasteiger partial charge in [-0.1, -0.05) is 96.2 Å². The number of carbonyl (C=O) groups is 4. The van der Waals surface area contributed by atoms with Gasteiger partial charge in [-0.25, -0.2) is 14.6 Å². The third-order valence-corrected chi connectivity index (χ3v) is 9.56. The van der Waals surface area contributed by atoms with Crippen molar-refractivity contribution >= 4 is 52.7 Å². The zero-order valence-electron chi connectivity index (χ0n) is 24.5. The zero-order valence-corrected chi connectivity index (χ0v) is 26.1. The minimum absolute atomic E-state index is 0.139. The molecule has 0 bridgehead atoms. The fourth-order valence-corrected chi connectivity index (χ4v) is 7.35. The number of aromatic nitrogens is 1. The number of ether oxygens (including phenoxy) is 1. The topological polar surface area (TPSA) is 174 Å². The number of carboxylic acids is 1. The summed E-state index contributed by atoms with van der Waals surface area (Å²) in [6.45, 7) is -0.374. The summed E-state index contributed by atoms with van der Waals surface area (Å²) in [6.07, 6.45) is -1.07. The third-order valence-electron chi connectivity index (χ3n) is 7.63. The molecule has 3 amide bonds. The lowest BCUT2D eigenvalue weighted by Crippen LogP contribution is -2.71. The highest BCUT2D eigenvalue weighted by atomic mass is 32.2. The predicted octanol–water partition coefficient (Wildman–Crippen LogP) is 3.69. The van der Waals surface area contributed by atoms with Gasteiger partial charge in [-0.3, -0.25) is 14.5 Å². The van der Waals surface area contributed by atoms with Gasteiger partial charge in [-0.15, -0.1) is 23.1 Å². The number of carbonyl (C=O) groups excluding carboxylic acids is 3. The van der Waals surface area contributed by atoms with Gasteiger partial charge in [0.25, 0.3) is 11.8 Å². The summed E-state index contributed by atoms with van der Waals surface area (Å²) in [7, 11) is 0. The molecule has 2 aliphatic heterocycles. The Morgan fingerprint density at radius 1 is 0.979 bits per heavy atom. The molecule has 47 heavy (non-hydrogen) atoms. The van der Waals surface area contributed by atoms with Crippen LogP contribution in [0.5, 0.6) is 0 Å². The van der Waals surface area contributed by atoms with Crippen LogP contribution in [0.1, 0.15) is 22.4 Å². The van der Waals surface area contributed by atoms with Gasteiger partial charge < -0.3 is 25.7 Å². The van der Waals surface area contributed by atoms with Gasteiger partial charge in [-0.05, 0) is 0 Å². The van der Waals surface area contributed by atoms with Crippen LogP contribution in [0.25, 0.3) is 0 Å². The number of hydrogen-bond donors (Lipinski definition) is 3. The highest BCUT2D eigenvalue weighted by molar-refractivity contribution is 8.00. The zero-order chi connectivity index (χ0) is 33.0. The Hall–Kier alpha value is -5.47. The van der Waals surface area contributed by atoms with Gasteiger partial charge in [0, 0.05) is 33.4 Å². The molecular weight excluding hydrogens is 643 g/mol. The van der Waals surface area contributed by atoms with E-state index in [1.807, 2.05) is 91.0 Å². The van der Waals surface area contributed by atoms with Crippen LogP contribution in [0.4, 0.5) is 4.79 Å². The lowest BCUT2D eigenvalue weighted by Gasteiger charge is -2.49. The monoisotopic (exact) mass is 669 g/mol. The number of β-lactam (4-membered cyclic amide) rings is 1. The molecule has 12 nitrogen and oxygen atoms in total. The van der Waals surface area contributed by atoms with Crippen LogP contribution in [-0.2, 0) is 29.6 Å². The minimum Gasteiger partial charge on any atom is -0.477 e. The van der Waals surface area contributed by atoms with Crippen molar-refractivity contribution in [3.05, 3.63) is 136 Å². The van der Waals surface area contributed by atoms with Gasteiger partial charge in [0.2, 0.25) is 5.60 Å². The molecule has 0 radical (unpaired) electrons. The lowest BCUT2D eigenvalue weighted by atomic mass is 9.80. The van der Waals surface area contributed by atoms with E-state index in [1.165, 1.54) is 23.1 Å². The van der Waals surface area contributed by atoms with E-state index in [9.17, 15) is 24.3 Å². The molecule has 1 unspecified atom stereocenters. The molecule has 2 atom stereocenters. The van der Waals surface area contributed by atoms with Crippen molar-refractivity contribution in [1.29, 1.82) is 0 Å². The molecule has 1 aromatic heterocycles. The van der Waals surface area contributed by atoms with Crippen LogP contribution >= 0.6 is 23.1 Å². The highest BCUT2D eigenvalue weighted by Crippen LogP contribution is 2.42. The Balaban J connectivity index is 1.35. The second-order valence-corrected chi connectivity index (χ2v) is 12.2. The smallest absolute Gasteiger partial charge is 0.404 e. The van der Waals surface area contributed by atoms with Crippen molar-refractivity contribution in [3.8, 4) is 0 Å². The number of rotatable bonds is 11. The van der Waals surface area contributed by atoms with Gasteiger partial charge in [0.1, 0.15) is 29.4 Å². The maximum atomic E-state index is 13.9. The molecule has 3 aromatic carbocycles. The van der Waals surface area contributed by atoms with E-state index in [0.29, 0.717) is 0 Å². The van der Waals surface area contributed by atoms with Gasteiger partial charge in [0.15, 0.2) is 5.71 Å². The molecule has 0 spiro atoms. The summed E-state index contributed by atoms with van der Waals surface area (Å²) in [5.41, 5.74) is 7.54. The molecule has 0 saturated carbocycles. The first-order chi connectivity index (χ1) is 22.8. The number of benzene rings is 3. The molecule has 14 heteroatoms. The van der Waals surface area contributed by atoms with Gasteiger partial charge in [-0.2, -0.15) is 0 Å². The number of hydrogen-bond acceptors (Lipinski definition) is 10. The maximum Gasteiger partial charge on any atom is 0.404 e. The van der Waals surface area contributed by atoms with Gasteiger partial charge in [0.05, 0.1) is 5.51 Å². The Kier molecular flexibility index (Phi) is 9.04. The Labute approximate surface area is 276 Å². The van der Waals surface area contributed by atoms with Gasteiger partial charge >= 0.3 is 12.1 Å². The number of primary amides is 1. The average Bonchev–Trinajstić information content (AvgIpc) is 3.63. The van der Waals surface area contributed by atoms with Crippen molar-refractivity contribution in [3.63, 3.8) is 0 Å². The average molecular weight is 670 g/mol. The molecule has 1 saturated heterocycles. The van der Waals surface area contributed by atoms with E-state index < -0.39 is 40.9 Å². The highest BCUT2D eigenvalue weighted by Gasteiger charge is 2.54. The number of thioether (sulfide) groups is 1. The van der Waals surface area contributed by atoms with Crippen LogP contribution in [0, 0.1) is 0 Å². The van der Waals surface area contributed by atoms with E-state index in [4.69, 9.17) is 15.3 Å². The third kappa shape index (κ3) is 6.07. The number of carboxylic acid groups (broad SMARTS) is 1. The van der Waals surface area contributed by atoms with Crippen LogP contribution < -0.4 is 11.1 Å². The van der Waals surface area contributed by atoms with Crippen LogP contribution in [0.15, 0.2) is 118 Å². The van der Waals surface area contributed by atoms with E-state index >= 15 is 0 Å². The number of fused-ring (bicyclic) bond motifs is 1. The summed E-state index contributed by atoms with van der Waals surface area (Å²) in [6, 6.07) is 27.4. The molecule has 3 heterocycles. The first-order valence-electron chi connectivity index (χ1n) is 14.3. The molecular formula is C33H27N5O7S2. The largest absolute Gasteiger partial charge is 0.477 e. The normalized spacial score (nSPS) is 17.7. The van der Waals surface area contributed by atoms with Crippen molar-refractivity contribution in [2.45, 2.75) is 17.0 Å². The van der Waals surface area contributed by atoms with Crippen LogP contribution in [0.3, 0.4) is 0 Å². The first-order valence-corrected chi connectivity index (χ1v) is 16.2. The fourth-order valence-electron chi connectivity index (χ4n) is 5.49. The second-order valence-electron chi connectivity index (χ2n) is 10.4. The number of oxime groups is 1. The number of thiazole rings is 1. The molecule has 0 aliphatic carbocycles. The fraction of sp³-hybridized carbons (Fsp3) is 0.152. The first kappa shape index (κ1) is 31.5. The number of aliphatic carboxylic acids is 1. The van der Waals surface area contributed by atoms with E-state index in [1.54, 1.807) is 10.9 Å². The lowest BCUT2D eigenvalue weighted by molar-refractivity contribution is -0.150. The summed E-state index contributed by atoms with van der Waals surface area (Å²) >= 11 is 2.47. The number of nitrogens with one attached hydrogen (secondary N) is 1. The molecule has 4 aromatic rings. The van der Waals surface area contributed by atoms with Crippen LogP contribution in [-0.4, -0.2) is 68.4 Å². The van der Waals surface area contributed by atoms with Crippen molar-refractivity contribution in [2.24, 2.45) is 10.9 Å². The number of amides is 3. The standard InChI is InChI=1S/C33H27N5O7S2/c34-32(43)44-16-20-17-47-30-26(29(40)38(30)27(20)31(41)42)36-28(39)25(24-18-46-19-35-24)37-45-33(21-10-4-1-5-11-21,22-12-6-2-7-13-22)23-14-8-3-9-15-23/h1-15,18-19,26,30H,16-17H2,(H2,34,43)(H,36,39)(H,41,42)/b37-25-/t26?,30-/m1/s1. The van der Waals surface area contributed by atoms with E-state index in [2.05, 4.69) is 15.5 Å². The van der Waals surface area contributed by atoms with Crippen molar-refractivity contribution in [2.75, 3.05) is 12.4 Å². The number of nitrogens with two attached hydrogens (primary N) is 1. The molecule has 6 rings (SSSR count). The summed E-state index contributed by atoms with van der Waals surface area (Å²) < 4.78 is 4.78. The van der Waals surface area contributed by atoms with Crippen molar-refractivity contribution in [1.82, 2.24) is 15.2 Å². The summed E-state index contributed by atoms with van der Waals surface area (Å²) in [5.74, 6) is -2.61. The van der Waals surface area contributed by atoms with E-state index in [-0.39, 0.29) is 35.0 Å². The van der Waals surface area contributed by atoms with E-state index in [0.717, 1.165) is 21.6 Å². The molecule has 238 valence electrons. The SMILES string of the molecule is NC(=O)OCC1=C(C(=O)O)N2C(=O)C(NC(=O)/C(=N\OC(c3ccccc3)(c3ccccc3)c3ccccc3)c3cscn3)[C@H]2SC1. The van der Waals surface area contributed by atoms with Crippen molar-refractivity contribution < 1.29 is 33.9 Å². The summed E-state index contributed by atoms with van der Waals surface area (Å²) in [5, 5.41) is 18.0. The number of nitrogens with zero attached hydrogens (tertiary/aromatic N) is 3.